The number of nitrogens with two attached hydrogens (primary N) is 1. The molecule has 0 bridgehead atoms. The zero-order valence-corrected chi connectivity index (χ0v) is 15.3. The molecule has 1 aromatic rings. The number of hydrogen-bond donors (Lipinski definition) is 3. The molecule has 1 fully saturated rings. The fraction of sp³-hybridized carbons (Fsp3) is 0.471. The summed E-state index contributed by atoms with van der Waals surface area (Å²) in [6, 6.07) is 3.91. The third-order valence-corrected chi connectivity index (χ3v) is 4.35. The summed E-state index contributed by atoms with van der Waals surface area (Å²) in [5.41, 5.74) is 1.06. The van der Waals surface area contributed by atoms with Crippen LogP contribution >= 0.6 is 0 Å². The number of ether oxygens (including phenoxy) is 2. The number of hydrazine groups is 1. The largest absolute Gasteiger partial charge is 0.490 e. The number of amides is 2. The molecule has 0 radical (unpaired) electrons. The Morgan fingerprint density at radius 3 is 2.46 bits per heavy atom. The van der Waals surface area contributed by atoms with Gasteiger partial charge in [-0.2, -0.15) is 0 Å². The number of benzene rings is 1. The van der Waals surface area contributed by atoms with E-state index >= 15 is 0 Å². The molecule has 1 saturated carbocycles. The molecule has 0 saturated heterocycles. The first-order valence-corrected chi connectivity index (χ1v) is 8.79. The number of nitrogens with zero attached hydrogens (tertiary/aromatic N) is 1. The van der Waals surface area contributed by atoms with Gasteiger partial charge in [0.25, 0.3) is 5.69 Å². The van der Waals surface area contributed by atoms with Gasteiger partial charge in [0.2, 0.25) is 0 Å². The van der Waals surface area contributed by atoms with Crippen LogP contribution in [-0.4, -0.2) is 35.4 Å². The third-order valence-electron chi connectivity index (χ3n) is 4.35. The molecular formula is C17H22N4O7. The molecule has 1 aliphatic rings. The zero-order valence-electron chi connectivity index (χ0n) is 15.3. The Hall–Kier alpha value is -3.21. The Morgan fingerprint density at radius 2 is 1.89 bits per heavy atom. The molecule has 1 aliphatic carbocycles. The van der Waals surface area contributed by atoms with Crippen LogP contribution in [0, 0.1) is 16.0 Å². The quantitative estimate of drug-likeness (QED) is 0.161. The monoisotopic (exact) mass is 394 g/mol. The number of anilines is 1. The van der Waals surface area contributed by atoms with E-state index < -0.39 is 22.4 Å². The highest BCUT2D eigenvalue weighted by molar-refractivity contribution is 6.39. The number of carbonyl (C=O) groups is 3. The highest BCUT2D eigenvalue weighted by atomic mass is 16.6. The number of nitro benzene ring substituents is 1. The Labute approximate surface area is 160 Å². The second-order valence-electron chi connectivity index (χ2n) is 6.21. The Morgan fingerprint density at radius 1 is 1.21 bits per heavy atom. The maximum atomic E-state index is 11.8. The molecule has 1 aromatic carbocycles. The second-order valence-corrected chi connectivity index (χ2v) is 6.21. The van der Waals surface area contributed by atoms with Crippen molar-refractivity contribution in [3.8, 4) is 5.75 Å². The van der Waals surface area contributed by atoms with Gasteiger partial charge in [0, 0.05) is 0 Å². The van der Waals surface area contributed by atoms with Crippen LogP contribution in [0.3, 0.4) is 0 Å². The van der Waals surface area contributed by atoms with E-state index in [0.717, 1.165) is 0 Å². The number of hydrogen-bond acceptors (Lipinski definition) is 8. The van der Waals surface area contributed by atoms with Crippen LogP contribution in [0.5, 0.6) is 5.75 Å². The van der Waals surface area contributed by atoms with Crippen LogP contribution in [0.4, 0.5) is 11.4 Å². The van der Waals surface area contributed by atoms with E-state index in [1.54, 1.807) is 12.3 Å². The molecule has 0 unspecified atom stereocenters. The number of esters is 1. The molecule has 2 rings (SSSR count). The average Bonchev–Trinajstić information content (AvgIpc) is 2.69. The summed E-state index contributed by atoms with van der Waals surface area (Å²) in [7, 11) is 0. The first-order chi connectivity index (χ1) is 13.3. The molecule has 152 valence electrons. The zero-order chi connectivity index (χ0) is 20.7. The summed E-state index contributed by atoms with van der Waals surface area (Å²) in [5, 5.41) is 13.4. The van der Waals surface area contributed by atoms with Crippen molar-refractivity contribution < 1.29 is 28.8 Å². The van der Waals surface area contributed by atoms with Crippen LogP contribution in [0.25, 0.3) is 0 Å². The minimum absolute atomic E-state index is 0.152. The SMILES string of the molecule is CCOC(=O)C1CCC(Oc2ccc(NC(=O)C(=O)NN)c([N+](=O)[O-])c2)CC1. The van der Waals surface area contributed by atoms with Gasteiger partial charge < -0.3 is 14.8 Å². The van der Waals surface area contributed by atoms with Crippen molar-refractivity contribution in [1.29, 1.82) is 0 Å². The van der Waals surface area contributed by atoms with Crippen LogP contribution in [0.15, 0.2) is 18.2 Å². The minimum Gasteiger partial charge on any atom is -0.490 e. The first kappa shape index (κ1) is 21.1. The summed E-state index contributed by atoms with van der Waals surface area (Å²) in [6.45, 7) is 2.10. The molecule has 11 heteroatoms. The molecule has 0 spiro atoms. The van der Waals surface area contributed by atoms with E-state index in [1.807, 2.05) is 0 Å². The lowest BCUT2D eigenvalue weighted by Gasteiger charge is -2.27. The Kier molecular flexibility index (Phi) is 7.27. The van der Waals surface area contributed by atoms with Gasteiger partial charge in [-0.1, -0.05) is 0 Å². The van der Waals surface area contributed by atoms with Crippen molar-refractivity contribution in [2.24, 2.45) is 11.8 Å². The van der Waals surface area contributed by atoms with Gasteiger partial charge >= 0.3 is 17.8 Å². The van der Waals surface area contributed by atoms with Crippen molar-refractivity contribution >= 4 is 29.2 Å². The molecule has 2 amide bonds. The smallest absolute Gasteiger partial charge is 0.323 e. The summed E-state index contributed by atoms with van der Waals surface area (Å²) in [5.74, 6) is 2.49. The molecule has 28 heavy (non-hydrogen) atoms. The summed E-state index contributed by atoms with van der Waals surface area (Å²) in [4.78, 5) is 45.1. The highest BCUT2D eigenvalue weighted by Crippen LogP contribution is 2.32. The summed E-state index contributed by atoms with van der Waals surface area (Å²) in [6.07, 6.45) is 2.29. The van der Waals surface area contributed by atoms with Gasteiger partial charge in [-0.15, -0.1) is 0 Å². The van der Waals surface area contributed by atoms with Crippen molar-refractivity contribution in [1.82, 2.24) is 5.43 Å². The third kappa shape index (κ3) is 5.39. The molecular weight excluding hydrogens is 372 g/mol. The van der Waals surface area contributed by atoms with E-state index in [1.165, 1.54) is 18.2 Å². The number of nitro groups is 1. The highest BCUT2D eigenvalue weighted by Gasteiger charge is 2.29. The predicted octanol–water partition coefficient (Wildman–Crippen LogP) is 1.02. The van der Waals surface area contributed by atoms with E-state index in [4.69, 9.17) is 15.3 Å². The maximum Gasteiger partial charge on any atom is 0.323 e. The molecule has 0 aliphatic heterocycles. The standard InChI is InChI=1S/C17H22N4O7/c1-2-27-17(24)10-3-5-11(6-4-10)28-12-7-8-13(14(9-12)21(25)26)19-15(22)16(23)20-18/h7-11H,2-6,18H2,1H3,(H,19,22)(H,20,23). The summed E-state index contributed by atoms with van der Waals surface area (Å²) < 4.78 is 10.8. The van der Waals surface area contributed by atoms with E-state index in [2.05, 4.69) is 5.32 Å². The van der Waals surface area contributed by atoms with Crippen LogP contribution in [-0.2, 0) is 19.1 Å². The van der Waals surface area contributed by atoms with Crippen LogP contribution in [0.1, 0.15) is 32.6 Å². The van der Waals surface area contributed by atoms with Crippen molar-refractivity contribution in [3.63, 3.8) is 0 Å². The Bertz CT molecular complexity index is 760. The van der Waals surface area contributed by atoms with Gasteiger partial charge in [0.15, 0.2) is 0 Å². The Balaban J connectivity index is 2.02. The summed E-state index contributed by atoms with van der Waals surface area (Å²) >= 11 is 0. The lowest BCUT2D eigenvalue weighted by atomic mass is 9.87. The first-order valence-electron chi connectivity index (χ1n) is 8.79. The number of nitrogens with one attached hydrogen (secondary N) is 2. The number of carbonyl (C=O) groups excluding carboxylic acids is 3. The molecule has 0 heterocycles. The van der Waals surface area contributed by atoms with Crippen LogP contribution in [0.2, 0.25) is 0 Å². The lowest BCUT2D eigenvalue weighted by molar-refractivity contribution is -0.384. The number of rotatable bonds is 6. The van der Waals surface area contributed by atoms with E-state index in [9.17, 15) is 24.5 Å². The lowest BCUT2D eigenvalue weighted by Crippen LogP contribution is -2.39. The van der Waals surface area contributed by atoms with E-state index in [-0.39, 0.29) is 29.4 Å². The van der Waals surface area contributed by atoms with Crippen molar-refractivity contribution in [3.05, 3.63) is 28.3 Å². The molecule has 4 N–H and O–H groups in total. The molecule has 0 aromatic heterocycles. The van der Waals surface area contributed by atoms with Crippen molar-refractivity contribution in [2.45, 2.75) is 38.7 Å². The minimum atomic E-state index is -1.13. The van der Waals surface area contributed by atoms with Gasteiger partial charge in [-0.25, -0.2) is 5.84 Å². The fourth-order valence-electron chi connectivity index (χ4n) is 2.96. The second kappa shape index (κ2) is 9.65. The molecule has 11 nitrogen and oxygen atoms in total. The van der Waals surface area contributed by atoms with Gasteiger partial charge in [0.05, 0.1) is 29.6 Å². The topological polar surface area (TPSA) is 163 Å². The fourth-order valence-corrected chi connectivity index (χ4v) is 2.96. The maximum absolute atomic E-state index is 11.8. The van der Waals surface area contributed by atoms with Crippen LogP contribution < -0.4 is 21.3 Å². The average molecular weight is 394 g/mol. The predicted molar refractivity (Wildman–Crippen MR) is 97.1 cm³/mol. The van der Waals surface area contributed by atoms with Crippen molar-refractivity contribution in [2.75, 3.05) is 11.9 Å². The normalized spacial score (nSPS) is 18.6. The van der Waals surface area contributed by atoms with E-state index in [0.29, 0.717) is 32.3 Å². The molecule has 0 atom stereocenters. The van der Waals surface area contributed by atoms with Gasteiger partial charge in [-0.05, 0) is 44.7 Å². The van der Waals surface area contributed by atoms with Gasteiger partial charge in [-0.3, -0.25) is 29.9 Å². The van der Waals surface area contributed by atoms with Gasteiger partial charge in [0.1, 0.15) is 11.4 Å².